The van der Waals surface area contributed by atoms with Crippen LogP contribution >= 0.6 is 0 Å². The van der Waals surface area contributed by atoms with Crippen LogP contribution < -0.4 is 10.6 Å². The number of hydrogen-bond acceptors (Lipinski definition) is 3. The van der Waals surface area contributed by atoms with Crippen molar-refractivity contribution in [1.82, 2.24) is 10.6 Å². The van der Waals surface area contributed by atoms with Crippen LogP contribution in [-0.4, -0.2) is 31.4 Å². The number of nitrogens with one attached hydrogen (secondary N) is 2. The topological polar surface area (TPSA) is 50.4 Å². The van der Waals surface area contributed by atoms with Crippen molar-refractivity contribution >= 4 is 6.09 Å². The second kappa shape index (κ2) is 6.35. The number of carbonyl (C=O) groups is 1. The lowest BCUT2D eigenvalue weighted by Crippen LogP contribution is -2.52. The van der Waals surface area contributed by atoms with E-state index in [9.17, 15) is 9.18 Å². The smallest absolute Gasteiger partial charge is 0.407 e. The third-order valence-electron chi connectivity index (χ3n) is 2.91. The van der Waals surface area contributed by atoms with Gasteiger partial charge in [-0.05, 0) is 18.5 Å². The Bertz CT molecular complexity index is 386. The van der Waals surface area contributed by atoms with Gasteiger partial charge in [-0.25, -0.2) is 9.18 Å². The van der Waals surface area contributed by atoms with Gasteiger partial charge in [0.05, 0.1) is 6.04 Å². The molecule has 0 saturated carbocycles. The van der Waals surface area contributed by atoms with Crippen LogP contribution in [0.3, 0.4) is 0 Å². The molecule has 0 spiro atoms. The van der Waals surface area contributed by atoms with Gasteiger partial charge in [0, 0.05) is 6.54 Å². The van der Waals surface area contributed by atoms with Crippen molar-refractivity contribution in [3.63, 3.8) is 0 Å². The van der Waals surface area contributed by atoms with Crippen LogP contribution in [0.15, 0.2) is 30.3 Å². The van der Waals surface area contributed by atoms with Crippen molar-refractivity contribution < 1.29 is 13.9 Å². The highest BCUT2D eigenvalue weighted by Crippen LogP contribution is 2.08. The van der Waals surface area contributed by atoms with E-state index in [0.29, 0.717) is 19.5 Å². The maximum atomic E-state index is 13.5. The van der Waals surface area contributed by atoms with Crippen molar-refractivity contribution in [3.05, 3.63) is 35.9 Å². The van der Waals surface area contributed by atoms with Gasteiger partial charge < -0.3 is 15.4 Å². The number of carbonyl (C=O) groups excluding carboxylic acids is 1. The standard InChI is InChI=1S/C13H17FN2O2/c14-11-6-7-15-8-12(11)16-13(17)18-9-10-4-2-1-3-5-10/h1-5,11-12,15H,6-9H2,(H,16,17)/t11-,12+/m0/s1. The lowest BCUT2D eigenvalue weighted by atomic mass is 10.1. The van der Waals surface area contributed by atoms with E-state index in [4.69, 9.17) is 4.74 Å². The van der Waals surface area contributed by atoms with Crippen molar-refractivity contribution in [2.45, 2.75) is 25.2 Å². The monoisotopic (exact) mass is 252 g/mol. The van der Waals surface area contributed by atoms with Gasteiger partial charge >= 0.3 is 6.09 Å². The Morgan fingerprint density at radius 1 is 1.44 bits per heavy atom. The van der Waals surface area contributed by atoms with Gasteiger partial charge in [-0.3, -0.25) is 0 Å². The van der Waals surface area contributed by atoms with E-state index in [0.717, 1.165) is 5.56 Å². The van der Waals surface area contributed by atoms with Crippen LogP contribution in [0.2, 0.25) is 0 Å². The molecule has 1 amide bonds. The molecule has 2 rings (SSSR count). The largest absolute Gasteiger partial charge is 0.445 e. The normalized spacial score (nSPS) is 23.4. The zero-order valence-corrected chi connectivity index (χ0v) is 10.1. The van der Waals surface area contributed by atoms with Crippen LogP contribution in [-0.2, 0) is 11.3 Å². The number of piperidine rings is 1. The first kappa shape index (κ1) is 12.8. The molecular weight excluding hydrogens is 235 g/mol. The highest BCUT2D eigenvalue weighted by molar-refractivity contribution is 5.67. The van der Waals surface area contributed by atoms with Crippen molar-refractivity contribution in [2.24, 2.45) is 0 Å². The highest BCUT2D eigenvalue weighted by atomic mass is 19.1. The van der Waals surface area contributed by atoms with E-state index >= 15 is 0 Å². The molecule has 18 heavy (non-hydrogen) atoms. The summed E-state index contributed by atoms with van der Waals surface area (Å²) >= 11 is 0. The summed E-state index contributed by atoms with van der Waals surface area (Å²) in [4.78, 5) is 11.5. The van der Waals surface area contributed by atoms with Crippen LogP contribution in [0, 0.1) is 0 Å². The third-order valence-corrected chi connectivity index (χ3v) is 2.91. The predicted octanol–water partition coefficient (Wildman–Crippen LogP) is 1.61. The molecule has 98 valence electrons. The van der Waals surface area contributed by atoms with Gasteiger partial charge in [-0.2, -0.15) is 0 Å². The molecule has 1 aromatic rings. The molecule has 4 nitrogen and oxygen atoms in total. The molecule has 0 unspecified atom stereocenters. The summed E-state index contributed by atoms with van der Waals surface area (Å²) in [5.74, 6) is 0. The molecule has 2 atom stereocenters. The van der Waals surface area contributed by atoms with Gasteiger partial charge in [0.15, 0.2) is 0 Å². The molecule has 1 aromatic carbocycles. The number of alkyl halides is 1. The SMILES string of the molecule is O=C(N[C@@H]1CNCC[C@@H]1F)OCc1ccccc1. The fourth-order valence-corrected chi connectivity index (χ4v) is 1.88. The van der Waals surface area contributed by atoms with Crippen LogP contribution in [0.4, 0.5) is 9.18 Å². The Hall–Kier alpha value is -1.62. The minimum Gasteiger partial charge on any atom is -0.445 e. The van der Waals surface area contributed by atoms with E-state index in [1.165, 1.54) is 0 Å². The van der Waals surface area contributed by atoms with Gasteiger partial charge in [-0.1, -0.05) is 30.3 Å². The van der Waals surface area contributed by atoms with Gasteiger partial charge in [0.25, 0.3) is 0 Å². The first-order valence-corrected chi connectivity index (χ1v) is 6.07. The summed E-state index contributed by atoms with van der Waals surface area (Å²) in [7, 11) is 0. The maximum Gasteiger partial charge on any atom is 0.407 e. The Morgan fingerprint density at radius 2 is 2.22 bits per heavy atom. The summed E-state index contributed by atoms with van der Waals surface area (Å²) < 4.78 is 18.5. The van der Waals surface area contributed by atoms with Gasteiger partial charge in [-0.15, -0.1) is 0 Å². The Labute approximate surface area is 106 Å². The van der Waals surface area contributed by atoms with E-state index in [2.05, 4.69) is 10.6 Å². The fraction of sp³-hybridized carbons (Fsp3) is 0.462. The average molecular weight is 252 g/mol. The molecule has 0 radical (unpaired) electrons. The van der Waals surface area contributed by atoms with E-state index in [1.54, 1.807) is 0 Å². The minimum atomic E-state index is -1.00. The second-order valence-electron chi connectivity index (χ2n) is 4.32. The number of alkyl carbamates (subject to hydrolysis) is 1. The number of benzene rings is 1. The zero-order valence-electron chi connectivity index (χ0n) is 10.1. The predicted molar refractivity (Wildman–Crippen MR) is 65.9 cm³/mol. The third kappa shape index (κ3) is 3.70. The number of halogens is 1. The lowest BCUT2D eigenvalue weighted by molar-refractivity contribution is 0.122. The molecule has 0 aromatic heterocycles. The van der Waals surface area contributed by atoms with Crippen molar-refractivity contribution in [3.8, 4) is 0 Å². The highest BCUT2D eigenvalue weighted by Gasteiger charge is 2.26. The molecule has 1 fully saturated rings. The molecule has 0 bridgehead atoms. The van der Waals surface area contributed by atoms with Gasteiger partial charge in [0.2, 0.25) is 0 Å². The Balaban J connectivity index is 1.75. The fourth-order valence-electron chi connectivity index (χ4n) is 1.88. The first-order chi connectivity index (χ1) is 8.75. The summed E-state index contributed by atoms with van der Waals surface area (Å²) in [6.07, 6.45) is -1.16. The van der Waals surface area contributed by atoms with Gasteiger partial charge in [0.1, 0.15) is 12.8 Å². The molecular formula is C13H17FN2O2. The Kier molecular flexibility index (Phi) is 4.52. The van der Waals surface area contributed by atoms with Crippen molar-refractivity contribution in [1.29, 1.82) is 0 Å². The molecule has 5 heteroatoms. The summed E-state index contributed by atoms with van der Waals surface area (Å²) in [5, 5.41) is 5.57. The van der Waals surface area contributed by atoms with E-state index in [-0.39, 0.29) is 6.61 Å². The van der Waals surface area contributed by atoms with Crippen LogP contribution in [0.5, 0.6) is 0 Å². The van der Waals surface area contributed by atoms with Crippen LogP contribution in [0.1, 0.15) is 12.0 Å². The minimum absolute atomic E-state index is 0.198. The van der Waals surface area contributed by atoms with E-state index in [1.807, 2.05) is 30.3 Å². The molecule has 2 N–H and O–H groups in total. The van der Waals surface area contributed by atoms with Crippen molar-refractivity contribution in [2.75, 3.05) is 13.1 Å². The molecule has 1 aliphatic heterocycles. The lowest BCUT2D eigenvalue weighted by Gasteiger charge is -2.27. The molecule has 0 aliphatic carbocycles. The molecule has 1 saturated heterocycles. The summed E-state index contributed by atoms with van der Waals surface area (Å²) in [6, 6.07) is 8.88. The average Bonchev–Trinajstić information content (AvgIpc) is 2.40. The number of amides is 1. The molecule has 1 heterocycles. The summed E-state index contributed by atoms with van der Waals surface area (Å²) in [5.41, 5.74) is 0.909. The number of ether oxygens (including phenoxy) is 1. The number of rotatable bonds is 3. The molecule has 1 aliphatic rings. The maximum absolute atomic E-state index is 13.5. The summed E-state index contributed by atoms with van der Waals surface area (Å²) in [6.45, 7) is 1.30. The van der Waals surface area contributed by atoms with E-state index < -0.39 is 18.3 Å². The first-order valence-electron chi connectivity index (χ1n) is 6.07. The quantitative estimate of drug-likeness (QED) is 0.859. The Morgan fingerprint density at radius 3 is 2.94 bits per heavy atom. The zero-order chi connectivity index (χ0) is 12.8. The van der Waals surface area contributed by atoms with Crippen LogP contribution in [0.25, 0.3) is 0 Å². The second-order valence-corrected chi connectivity index (χ2v) is 4.32. The number of hydrogen-bond donors (Lipinski definition) is 2.